The van der Waals surface area contributed by atoms with Crippen molar-refractivity contribution < 1.29 is 5.11 Å². The Hall–Kier alpha value is -1.09. The molecule has 0 amide bonds. The van der Waals surface area contributed by atoms with E-state index in [-0.39, 0.29) is 6.61 Å². The van der Waals surface area contributed by atoms with E-state index < -0.39 is 0 Å². The van der Waals surface area contributed by atoms with Crippen molar-refractivity contribution in [2.45, 2.75) is 65.0 Å². The van der Waals surface area contributed by atoms with Crippen molar-refractivity contribution in [3.8, 4) is 0 Å². The summed E-state index contributed by atoms with van der Waals surface area (Å²) in [5, 5.41) is 9.74. The average molecular weight is 274 g/mol. The number of hydrogen-bond acceptors (Lipinski definition) is 3. The minimum absolute atomic E-state index is 0.0995. The first-order chi connectivity index (χ1) is 9.70. The molecule has 1 saturated carbocycles. The molecule has 1 aliphatic heterocycles. The molecule has 1 atom stereocenters. The van der Waals surface area contributed by atoms with E-state index in [1.54, 1.807) is 0 Å². The lowest BCUT2D eigenvalue weighted by atomic mass is 9.95. The fourth-order valence-electron chi connectivity index (χ4n) is 4.16. The minimum atomic E-state index is 0.0995. The van der Waals surface area contributed by atoms with Crippen molar-refractivity contribution in [1.29, 1.82) is 0 Å². The van der Waals surface area contributed by atoms with E-state index in [0.29, 0.717) is 6.04 Å². The zero-order chi connectivity index (χ0) is 14.1. The Kier molecular flexibility index (Phi) is 3.97. The van der Waals surface area contributed by atoms with Gasteiger partial charge in [-0.2, -0.15) is 0 Å². The summed E-state index contributed by atoms with van der Waals surface area (Å²) >= 11 is 0. The van der Waals surface area contributed by atoms with E-state index in [4.69, 9.17) is 4.98 Å². The second-order valence-corrected chi connectivity index (χ2v) is 6.49. The van der Waals surface area contributed by atoms with Crippen LogP contribution >= 0.6 is 0 Å². The Balaban J connectivity index is 1.94. The number of pyridine rings is 1. The highest BCUT2D eigenvalue weighted by Crippen LogP contribution is 2.38. The zero-order valence-corrected chi connectivity index (χ0v) is 12.7. The first kappa shape index (κ1) is 13.9. The van der Waals surface area contributed by atoms with E-state index in [0.717, 1.165) is 29.5 Å². The second-order valence-electron chi connectivity index (χ2n) is 6.49. The molecule has 3 heteroatoms. The van der Waals surface area contributed by atoms with Crippen LogP contribution in [0.2, 0.25) is 0 Å². The Bertz CT molecular complexity index is 480. The summed E-state index contributed by atoms with van der Waals surface area (Å²) in [4.78, 5) is 7.28. The number of aliphatic hydroxyl groups excluding tert-OH is 1. The molecule has 2 heterocycles. The average Bonchev–Trinajstić information content (AvgIpc) is 3.08. The molecule has 3 rings (SSSR count). The lowest BCUT2D eigenvalue weighted by Crippen LogP contribution is -2.36. The van der Waals surface area contributed by atoms with Crippen LogP contribution in [0.3, 0.4) is 0 Å². The third-order valence-electron chi connectivity index (χ3n) is 5.13. The van der Waals surface area contributed by atoms with Gasteiger partial charge in [0.15, 0.2) is 0 Å². The van der Waals surface area contributed by atoms with E-state index in [2.05, 4.69) is 24.8 Å². The van der Waals surface area contributed by atoms with E-state index >= 15 is 0 Å². The molecule has 0 bridgehead atoms. The van der Waals surface area contributed by atoms with Crippen LogP contribution in [0.25, 0.3) is 0 Å². The van der Waals surface area contributed by atoms with E-state index in [9.17, 15) is 5.11 Å². The maximum absolute atomic E-state index is 9.74. The number of rotatable bonds is 3. The summed E-state index contributed by atoms with van der Waals surface area (Å²) in [6, 6.07) is 2.73. The van der Waals surface area contributed by atoms with Gasteiger partial charge in [0.25, 0.3) is 0 Å². The SMILES string of the molecule is Cc1cc(C)c(CO)c(N2CCCC2C2CCCC2)n1. The van der Waals surface area contributed by atoms with Crippen LogP contribution in [0, 0.1) is 19.8 Å². The summed E-state index contributed by atoms with van der Waals surface area (Å²) in [6.45, 7) is 5.34. The standard InChI is InChI=1S/C17H26N2O/c1-12-10-13(2)18-17(15(12)11-20)19-9-5-8-16(19)14-6-3-4-7-14/h10,14,16,20H,3-9,11H2,1-2H3. The van der Waals surface area contributed by atoms with Gasteiger partial charge in [0.05, 0.1) is 6.61 Å². The Morgan fingerprint density at radius 2 is 1.95 bits per heavy atom. The molecule has 1 aromatic heterocycles. The van der Waals surface area contributed by atoms with Gasteiger partial charge in [-0.25, -0.2) is 4.98 Å². The number of anilines is 1. The van der Waals surface area contributed by atoms with Gasteiger partial charge in [0.2, 0.25) is 0 Å². The quantitative estimate of drug-likeness (QED) is 0.918. The molecule has 1 aromatic rings. The summed E-state index contributed by atoms with van der Waals surface area (Å²) in [6.07, 6.45) is 8.09. The van der Waals surface area contributed by atoms with Crippen LogP contribution in [0.15, 0.2) is 6.07 Å². The van der Waals surface area contributed by atoms with Crippen LogP contribution in [-0.4, -0.2) is 22.7 Å². The third kappa shape index (κ3) is 2.44. The number of hydrogen-bond donors (Lipinski definition) is 1. The first-order valence-corrected chi connectivity index (χ1v) is 8.05. The van der Waals surface area contributed by atoms with Gasteiger partial charge in [0, 0.05) is 23.8 Å². The van der Waals surface area contributed by atoms with Crippen molar-refractivity contribution >= 4 is 5.82 Å². The monoisotopic (exact) mass is 274 g/mol. The van der Waals surface area contributed by atoms with Crippen LogP contribution in [0.4, 0.5) is 5.82 Å². The lowest BCUT2D eigenvalue weighted by Gasteiger charge is -2.32. The topological polar surface area (TPSA) is 36.4 Å². The van der Waals surface area contributed by atoms with Crippen LogP contribution in [-0.2, 0) is 6.61 Å². The number of nitrogens with zero attached hydrogens (tertiary/aromatic N) is 2. The smallest absolute Gasteiger partial charge is 0.134 e. The maximum Gasteiger partial charge on any atom is 0.134 e. The van der Waals surface area contributed by atoms with Crippen molar-refractivity contribution in [2.75, 3.05) is 11.4 Å². The van der Waals surface area contributed by atoms with Gasteiger partial charge >= 0.3 is 0 Å². The Labute approximate surface area is 122 Å². The Morgan fingerprint density at radius 1 is 1.20 bits per heavy atom. The predicted octanol–water partition coefficient (Wildman–Crippen LogP) is 3.35. The largest absolute Gasteiger partial charge is 0.392 e. The van der Waals surface area contributed by atoms with Crippen molar-refractivity contribution in [3.05, 3.63) is 22.9 Å². The molecule has 1 N–H and O–H groups in total. The first-order valence-electron chi connectivity index (χ1n) is 8.05. The zero-order valence-electron chi connectivity index (χ0n) is 12.7. The molecule has 2 fully saturated rings. The summed E-state index contributed by atoms with van der Waals surface area (Å²) < 4.78 is 0. The summed E-state index contributed by atoms with van der Waals surface area (Å²) in [5.41, 5.74) is 3.26. The molecule has 1 saturated heterocycles. The van der Waals surface area contributed by atoms with Gasteiger partial charge in [0.1, 0.15) is 5.82 Å². The third-order valence-corrected chi connectivity index (χ3v) is 5.13. The van der Waals surface area contributed by atoms with Gasteiger partial charge in [-0.15, -0.1) is 0 Å². The van der Waals surface area contributed by atoms with Gasteiger partial charge in [-0.1, -0.05) is 12.8 Å². The van der Waals surface area contributed by atoms with Gasteiger partial charge < -0.3 is 10.0 Å². The van der Waals surface area contributed by atoms with Crippen LogP contribution < -0.4 is 4.90 Å². The molecule has 3 nitrogen and oxygen atoms in total. The minimum Gasteiger partial charge on any atom is -0.392 e. The molecule has 1 aliphatic carbocycles. The number of aryl methyl sites for hydroxylation is 2. The molecule has 1 unspecified atom stereocenters. The van der Waals surface area contributed by atoms with E-state index in [1.165, 1.54) is 44.1 Å². The highest BCUT2D eigenvalue weighted by atomic mass is 16.3. The normalized spacial score (nSPS) is 23.8. The molecule has 0 spiro atoms. The van der Waals surface area contributed by atoms with E-state index in [1.807, 2.05) is 0 Å². The fraction of sp³-hybridized carbons (Fsp3) is 0.706. The molecule has 20 heavy (non-hydrogen) atoms. The Morgan fingerprint density at radius 3 is 2.65 bits per heavy atom. The second kappa shape index (κ2) is 5.72. The van der Waals surface area contributed by atoms with Crippen molar-refractivity contribution in [2.24, 2.45) is 5.92 Å². The number of aliphatic hydroxyl groups is 1. The highest BCUT2D eigenvalue weighted by Gasteiger charge is 2.35. The number of aromatic nitrogens is 1. The fourth-order valence-corrected chi connectivity index (χ4v) is 4.16. The summed E-state index contributed by atoms with van der Waals surface area (Å²) in [7, 11) is 0. The molecular weight excluding hydrogens is 248 g/mol. The molecule has 2 aliphatic rings. The molecular formula is C17H26N2O. The molecule has 0 aromatic carbocycles. The van der Waals surface area contributed by atoms with Crippen molar-refractivity contribution in [3.63, 3.8) is 0 Å². The van der Waals surface area contributed by atoms with Crippen LogP contribution in [0.5, 0.6) is 0 Å². The predicted molar refractivity (Wildman–Crippen MR) is 82.0 cm³/mol. The molecule has 110 valence electrons. The van der Waals surface area contributed by atoms with Crippen LogP contribution in [0.1, 0.15) is 55.3 Å². The van der Waals surface area contributed by atoms with Gasteiger partial charge in [-0.3, -0.25) is 0 Å². The molecule has 0 radical (unpaired) electrons. The lowest BCUT2D eigenvalue weighted by molar-refractivity contribution is 0.280. The van der Waals surface area contributed by atoms with Crippen molar-refractivity contribution in [1.82, 2.24) is 4.98 Å². The summed E-state index contributed by atoms with van der Waals surface area (Å²) in [5.74, 6) is 1.89. The maximum atomic E-state index is 9.74. The van der Waals surface area contributed by atoms with Gasteiger partial charge in [-0.05, 0) is 57.1 Å². The highest BCUT2D eigenvalue weighted by molar-refractivity contribution is 5.53.